The fourth-order valence-electron chi connectivity index (χ4n) is 3.86. The smallest absolute Gasteiger partial charge is 0.265 e. The van der Waals surface area contributed by atoms with E-state index < -0.39 is 15.9 Å². The van der Waals surface area contributed by atoms with Crippen molar-refractivity contribution in [2.75, 3.05) is 19.7 Å². The Balaban J connectivity index is 1.59. The average Bonchev–Trinajstić information content (AvgIpc) is 3.31. The van der Waals surface area contributed by atoms with E-state index in [1.807, 2.05) is 6.92 Å². The van der Waals surface area contributed by atoms with Gasteiger partial charge in [-0.25, -0.2) is 8.42 Å². The van der Waals surface area contributed by atoms with Crippen molar-refractivity contribution in [3.63, 3.8) is 0 Å². The number of carbonyl (C=O) groups excluding carboxylic acids is 2. The third kappa shape index (κ3) is 4.23. The van der Waals surface area contributed by atoms with Crippen LogP contribution >= 0.6 is 0 Å². The zero-order valence-electron chi connectivity index (χ0n) is 16.3. The summed E-state index contributed by atoms with van der Waals surface area (Å²) in [7, 11) is -2.16. The molecule has 3 heterocycles. The average molecular weight is 413 g/mol. The molecule has 10 heteroatoms. The van der Waals surface area contributed by atoms with E-state index >= 15 is 0 Å². The molecule has 9 nitrogen and oxygen atoms in total. The second-order valence-electron chi connectivity index (χ2n) is 7.56. The van der Waals surface area contributed by atoms with Gasteiger partial charge in [-0.1, -0.05) is 0 Å². The first kappa shape index (κ1) is 20.8. The third-order valence-corrected chi connectivity index (χ3v) is 7.45. The normalized spacial score (nSPS) is 22.9. The highest BCUT2D eigenvalue weighted by molar-refractivity contribution is 7.89. The number of nitrogens with two attached hydrogens (primary N) is 1. The summed E-state index contributed by atoms with van der Waals surface area (Å²) in [5.41, 5.74) is 5.40. The Morgan fingerprint density at radius 1 is 1.29 bits per heavy atom. The fraction of sp³-hybridized carbons (Fsp3) is 0.667. The molecule has 3 rings (SSSR count). The molecule has 0 radical (unpaired) electrons. The van der Waals surface area contributed by atoms with Crippen LogP contribution in [0.3, 0.4) is 0 Å². The van der Waals surface area contributed by atoms with Crippen LogP contribution in [0.5, 0.6) is 0 Å². The van der Waals surface area contributed by atoms with Crippen molar-refractivity contribution >= 4 is 21.8 Å². The van der Waals surface area contributed by atoms with Gasteiger partial charge in [0.05, 0.1) is 12.1 Å². The maximum Gasteiger partial charge on any atom is 0.265 e. The van der Waals surface area contributed by atoms with Crippen LogP contribution in [0.25, 0.3) is 0 Å². The van der Waals surface area contributed by atoms with Gasteiger partial charge < -0.3 is 20.4 Å². The van der Waals surface area contributed by atoms with E-state index in [-0.39, 0.29) is 47.6 Å². The van der Waals surface area contributed by atoms with Crippen molar-refractivity contribution in [2.45, 2.75) is 49.6 Å². The van der Waals surface area contributed by atoms with Crippen molar-refractivity contribution in [3.8, 4) is 0 Å². The number of amides is 2. The van der Waals surface area contributed by atoms with Crippen LogP contribution in [0.15, 0.2) is 17.2 Å². The van der Waals surface area contributed by atoms with Gasteiger partial charge in [-0.2, -0.15) is 4.31 Å². The highest BCUT2D eigenvalue weighted by atomic mass is 32.2. The maximum absolute atomic E-state index is 12.8. The molecule has 0 aromatic carbocycles. The molecule has 2 fully saturated rings. The Labute approximate surface area is 165 Å². The second-order valence-corrected chi connectivity index (χ2v) is 9.50. The number of hydrogen-bond donors (Lipinski definition) is 2. The van der Waals surface area contributed by atoms with Gasteiger partial charge in [-0.05, 0) is 38.7 Å². The number of piperidine rings is 1. The lowest BCUT2D eigenvalue weighted by Crippen LogP contribution is -2.47. The third-order valence-electron chi connectivity index (χ3n) is 5.59. The zero-order valence-corrected chi connectivity index (χ0v) is 17.1. The summed E-state index contributed by atoms with van der Waals surface area (Å²) in [5.74, 6) is -0.942. The van der Waals surface area contributed by atoms with Gasteiger partial charge in [0.1, 0.15) is 10.6 Å². The lowest BCUT2D eigenvalue weighted by atomic mass is 9.96. The maximum atomic E-state index is 12.8. The molecule has 0 saturated carbocycles. The molecule has 2 atom stereocenters. The number of rotatable bonds is 6. The summed E-state index contributed by atoms with van der Waals surface area (Å²) in [6.45, 7) is 3.20. The summed E-state index contributed by atoms with van der Waals surface area (Å²) in [6.07, 6.45) is 4.32. The van der Waals surface area contributed by atoms with Gasteiger partial charge in [-0.15, -0.1) is 0 Å². The Bertz CT molecular complexity index is 836. The molecule has 3 N–H and O–H groups in total. The van der Waals surface area contributed by atoms with E-state index in [9.17, 15) is 18.0 Å². The van der Waals surface area contributed by atoms with Gasteiger partial charge in [0.15, 0.2) is 0 Å². The Morgan fingerprint density at radius 3 is 2.50 bits per heavy atom. The summed E-state index contributed by atoms with van der Waals surface area (Å²) < 4.78 is 34.1. The molecule has 28 heavy (non-hydrogen) atoms. The lowest BCUT2D eigenvalue weighted by molar-refractivity contribution is -0.127. The zero-order chi connectivity index (χ0) is 20.5. The van der Waals surface area contributed by atoms with Gasteiger partial charge in [0.2, 0.25) is 15.9 Å². The molecule has 1 aromatic rings. The quantitative estimate of drug-likeness (QED) is 0.691. The molecule has 2 aliphatic heterocycles. The van der Waals surface area contributed by atoms with Gasteiger partial charge in [0.25, 0.3) is 5.91 Å². The highest BCUT2D eigenvalue weighted by Gasteiger charge is 2.34. The van der Waals surface area contributed by atoms with E-state index in [2.05, 4.69) is 5.32 Å². The fourth-order valence-corrected chi connectivity index (χ4v) is 5.40. The minimum atomic E-state index is -3.73. The molecule has 0 spiro atoms. The van der Waals surface area contributed by atoms with Crippen LogP contribution < -0.4 is 11.1 Å². The SMILES string of the molecule is CC(NC(=O)C1CCN(S(=O)(=O)c2cc(C(N)=O)n(C)c2)CC1)C1CCCO1. The Hall–Kier alpha value is -1.91. The molecule has 0 bridgehead atoms. The van der Waals surface area contributed by atoms with E-state index in [1.165, 1.54) is 21.1 Å². The topological polar surface area (TPSA) is 124 Å². The lowest BCUT2D eigenvalue weighted by Gasteiger charge is -2.31. The first-order valence-corrected chi connectivity index (χ1v) is 11.0. The van der Waals surface area contributed by atoms with Gasteiger partial charge >= 0.3 is 0 Å². The van der Waals surface area contributed by atoms with Crippen molar-refractivity contribution in [1.82, 2.24) is 14.2 Å². The van der Waals surface area contributed by atoms with Crippen LogP contribution in [0.2, 0.25) is 0 Å². The first-order valence-electron chi connectivity index (χ1n) is 9.58. The number of nitrogens with zero attached hydrogens (tertiary/aromatic N) is 2. The molecular weight excluding hydrogens is 384 g/mol. The Morgan fingerprint density at radius 2 is 1.96 bits per heavy atom. The Kier molecular flexibility index (Phi) is 6.11. The van der Waals surface area contributed by atoms with Crippen LogP contribution in [-0.4, -0.2) is 60.9 Å². The number of sulfonamides is 1. The number of aryl methyl sites for hydroxylation is 1. The van der Waals surface area contributed by atoms with Crippen molar-refractivity contribution in [2.24, 2.45) is 18.7 Å². The largest absolute Gasteiger partial charge is 0.376 e. The van der Waals surface area contributed by atoms with E-state index in [4.69, 9.17) is 10.5 Å². The summed E-state index contributed by atoms with van der Waals surface area (Å²) in [5, 5.41) is 3.01. The molecule has 156 valence electrons. The summed E-state index contributed by atoms with van der Waals surface area (Å²) >= 11 is 0. The number of aromatic nitrogens is 1. The van der Waals surface area contributed by atoms with E-state index in [1.54, 1.807) is 7.05 Å². The highest BCUT2D eigenvalue weighted by Crippen LogP contribution is 2.25. The number of primary amides is 1. The first-order chi connectivity index (χ1) is 13.2. The molecule has 2 unspecified atom stereocenters. The van der Waals surface area contributed by atoms with Crippen LogP contribution in [0.4, 0.5) is 0 Å². The summed E-state index contributed by atoms with van der Waals surface area (Å²) in [6, 6.07) is 1.24. The van der Waals surface area contributed by atoms with Crippen molar-refractivity contribution in [3.05, 3.63) is 18.0 Å². The molecule has 2 saturated heterocycles. The number of nitrogens with one attached hydrogen (secondary N) is 1. The van der Waals surface area contributed by atoms with Crippen molar-refractivity contribution < 1.29 is 22.7 Å². The number of hydrogen-bond acceptors (Lipinski definition) is 5. The molecule has 1 aromatic heterocycles. The standard InChI is InChI=1S/C18H28N4O5S/c1-12(16-4-3-9-27-16)20-18(24)13-5-7-22(8-6-13)28(25,26)14-10-15(17(19)23)21(2)11-14/h10-13,16H,3-9H2,1-2H3,(H2,19,23)(H,20,24). The van der Waals surface area contributed by atoms with Crippen molar-refractivity contribution in [1.29, 1.82) is 0 Å². The van der Waals surface area contributed by atoms with Gasteiger partial charge in [-0.3, -0.25) is 9.59 Å². The number of ether oxygens (including phenoxy) is 1. The molecular formula is C18H28N4O5S. The summed E-state index contributed by atoms with van der Waals surface area (Å²) in [4.78, 5) is 23.9. The predicted molar refractivity (Wildman–Crippen MR) is 102 cm³/mol. The van der Waals surface area contributed by atoms with Crippen LogP contribution in [0.1, 0.15) is 43.1 Å². The minimum absolute atomic E-state index is 0.0405. The monoisotopic (exact) mass is 412 g/mol. The van der Waals surface area contributed by atoms with Crippen LogP contribution in [0, 0.1) is 5.92 Å². The van der Waals surface area contributed by atoms with Crippen LogP contribution in [-0.2, 0) is 26.6 Å². The minimum Gasteiger partial charge on any atom is -0.376 e. The predicted octanol–water partition coefficient (Wildman–Crippen LogP) is 0.208. The van der Waals surface area contributed by atoms with Gasteiger partial charge in [0, 0.05) is 38.9 Å². The van der Waals surface area contributed by atoms with E-state index in [0.29, 0.717) is 12.8 Å². The molecule has 0 aliphatic carbocycles. The molecule has 2 aliphatic rings. The second kappa shape index (κ2) is 8.22. The number of carbonyl (C=O) groups is 2. The van der Waals surface area contributed by atoms with E-state index in [0.717, 1.165) is 19.4 Å². The molecule has 2 amide bonds.